The van der Waals surface area contributed by atoms with E-state index in [9.17, 15) is 17.6 Å². The van der Waals surface area contributed by atoms with Crippen molar-refractivity contribution >= 4 is 33.4 Å². The second-order valence-corrected chi connectivity index (χ2v) is 12.4. The molecule has 1 N–H and O–H groups in total. The molecule has 4 rings (SSSR count). The number of anilines is 1. The summed E-state index contributed by atoms with van der Waals surface area (Å²) in [4.78, 5) is 13.7. The van der Waals surface area contributed by atoms with Gasteiger partial charge in [-0.1, -0.05) is 26.7 Å². The van der Waals surface area contributed by atoms with Crippen molar-refractivity contribution in [2.45, 2.75) is 66.5 Å². The van der Waals surface area contributed by atoms with Crippen molar-refractivity contribution in [3.63, 3.8) is 0 Å². The van der Waals surface area contributed by atoms with Crippen LogP contribution in [-0.4, -0.2) is 31.7 Å². The van der Waals surface area contributed by atoms with E-state index in [-0.39, 0.29) is 28.1 Å². The number of thioether (sulfide) groups is 1. The van der Waals surface area contributed by atoms with Gasteiger partial charge in [-0.05, 0) is 61.7 Å². The van der Waals surface area contributed by atoms with Crippen LogP contribution in [0.5, 0.6) is 0 Å². The van der Waals surface area contributed by atoms with E-state index in [1.807, 2.05) is 6.07 Å². The van der Waals surface area contributed by atoms with Crippen LogP contribution in [0.1, 0.15) is 56.3 Å². The molecule has 1 amide bonds. The number of sulfonamides is 1. The van der Waals surface area contributed by atoms with Crippen LogP contribution in [0.3, 0.4) is 0 Å². The second kappa shape index (κ2) is 8.47. The molecule has 0 unspecified atom stereocenters. The summed E-state index contributed by atoms with van der Waals surface area (Å²) in [5.41, 5.74) is 0.948. The molecule has 2 aromatic carbocycles. The van der Waals surface area contributed by atoms with Gasteiger partial charge < -0.3 is 5.32 Å². The number of fused-ring (bicyclic) bond motifs is 1. The molecule has 0 radical (unpaired) electrons. The predicted molar refractivity (Wildman–Crippen MR) is 122 cm³/mol. The molecule has 1 aliphatic heterocycles. The number of carbonyl (C=O) groups is 1. The van der Waals surface area contributed by atoms with Gasteiger partial charge in [-0.15, -0.1) is 11.8 Å². The van der Waals surface area contributed by atoms with Crippen LogP contribution >= 0.6 is 11.8 Å². The fourth-order valence-corrected chi connectivity index (χ4v) is 6.83. The smallest absolute Gasteiger partial charge is 0.264 e. The fourth-order valence-electron chi connectivity index (χ4n) is 4.10. The number of carbonyl (C=O) groups excluding carboxylic acids is 1. The second-order valence-electron chi connectivity index (χ2n) is 8.78. The number of hydrogen-bond donors (Lipinski definition) is 1. The van der Waals surface area contributed by atoms with E-state index in [0.717, 1.165) is 42.7 Å². The van der Waals surface area contributed by atoms with E-state index in [4.69, 9.17) is 0 Å². The zero-order chi connectivity index (χ0) is 22.2. The summed E-state index contributed by atoms with van der Waals surface area (Å²) >= 11 is 1.61. The van der Waals surface area contributed by atoms with Gasteiger partial charge in [0.1, 0.15) is 5.82 Å². The minimum Gasteiger partial charge on any atom is -0.349 e. The molecule has 1 saturated carbocycles. The number of halogens is 1. The van der Waals surface area contributed by atoms with Crippen LogP contribution in [-0.2, 0) is 10.0 Å². The maximum atomic E-state index is 13.5. The standard InChI is InChI=1S/C23H27FN2O3S2/c1-23(2)13-14-26(31(28,29)19-10-8-17(24)9-11-19)20-15-16(7-12-21(20)30-23)22(27)25-18-5-3-4-6-18/h7-12,15,18H,3-6,13-14H2,1-2H3,(H,25,27). The summed E-state index contributed by atoms with van der Waals surface area (Å²) in [6, 6.07) is 10.3. The summed E-state index contributed by atoms with van der Waals surface area (Å²) in [5.74, 6) is -0.667. The number of benzene rings is 2. The van der Waals surface area contributed by atoms with Crippen molar-refractivity contribution in [2.75, 3.05) is 10.8 Å². The Labute approximate surface area is 187 Å². The highest BCUT2D eigenvalue weighted by molar-refractivity contribution is 8.01. The van der Waals surface area contributed by atoms with Gasteiger partial charge >= 0.3 is 0 Å². The Morgan fingerprint density at radius 3 is 2.48 bits per heavy atom. The van der Waals surface area contributed by atoms with Crippen molar-refractivity contribution in [3.8, 4) is 0 Å². The van der Waals surface area contributed by atoms with E-state index in [1.54, 1.807) is 23.9 Å². The number of amides is 1. The average molecular weight is 463 g/mol. The fraction of sp³-hybridized carbons (Fsp3) is 0.435. The molecule has 2 aliphatic rings. The van der Waals surface area contributed by atoms with Crippen LogP contribution in [0.15, 0.2) is 52.3 Å². The van der Waals surface area contributed by atoms with Gasteiger partial charge in [-0.3, -0.25) is 9.10 Å². The lowest BCUT2D eigenvalue weighted by molar-refractivity contribution is 0.0938. The quantitative estimate of drug-likeness (QED) is 0.697. The van der Waals surface area contributed by atoms with E-state index in [2.05, 4.69) is 19.2 Å². The van der Waals surface area contributed by atoms with Crippen LogP contribution in [0, 0.1) is 5.82 Å². The van der Waals surface area contributed by atoms with Gasteiger partial charge in [-0.25, -0.2) is 12.8 Å². The first-order chi connectivity index (χ1) is 14.7. The summed E-state index contributed by atoms with van der Waals surface area (Å²) in [7, 11) is -3.91. The van der Waals surface area contributed by atoms with Crippen molar-refractivity contribution in [1.82, 2.24) is 5.32 Å². The minimum absolute atomic E-state index is 0.0327. The molecular weight excluding hydrogens is 435 g/mol. The predicted octanol–water partition coefficient (Wildman–Crippen LogP) is 4.97. The molecule has 1 aliphatic carbocycles. The van der Waals surface area contributed by atoms with Crippen LogP contribution < -0.4 is 9.62 Å². The molecule has 0 aromatic heterocycles. The van der Waals surface area contributed by atoms with Gasteiger partial charge in [0.2, 0.25) is 0 Å². The largest absolute Gasteiger partial charge is 0.349 e. The Morgan fingerprint density at radius 2 is 1.81 bits per heavy atom. The molecule has 8 heteroatoms. The van der Waals surface area contributed by atoms with E-state index >= 15 is 0 Å². The molecule has 2 aromatic rings. The number of nitrogens with one attached hydrogen (secondary N) is 1. The molecule has 0 atom stereocenters. The summed E-state index contributed by atoms with van der Waals surface area (Å²) in [6.07, 6.45) is 4.82. The Kier molecular flexibility index (Phi) is 6.05. The minimum atomic E-state index is -3.91. The molecule has 0 bridgehead atoms. The van der Waals surface area contributed by atoms with Gasteiger partial charge in [0.25, 0.3) is 15.9 Å². The Morgan fingerprint density at radius 1 is 1.13 bits per heavy atom. The molecule has 1 heterocycles. The zero-order valence-electron chi connectivity index (χ0n) is 17.7. The first kappa shape index (κ1) is 22.1. The third-order valence-corrected chi connectivity index (χ3v) is 9.03. The lowest BCUT2D eigenvalue weighted by Crippen LogP contribution is -2.34. The van der Waals surface area contributed by atoms with Gasteiger partial charge in [0.05, 0.1) is 10.6 Å². The van der Waals surface area contributed by atoms with Crippen molar-refractivity contribution < 1.29 is 17.6 Å². The Hall–Kier alpha value is -2.06. The Balaban J connectivity index is 1.74. The molecule has 1 fully saturated rings. The lowest BCUT2D eigenvalue weighted by Gasteiger charge is -2.25. The summed E-state index contributed by atoms with van der Waals surface area (Å²) in [5, 5.41) is 3.07. The third-order valence-electron chi connectivity index (χ3n) is 5.89. The highest BCUT2D eigenvalue weighted by Gasteiger charge is 2.34. The first-order valence-corrected chi connectivity index (χ1v) is 12.8. The SMILES string of the molecule is CC1(C)CCN(S(=O)(=O)c2ccc(F)cc2)c2cc(C(=O)NC3CCCC3)ccc2S1. The third kappa shape index (κ3) is 4.75. The number of rotatable bonds is 4. The van der Waals surface area contributed by atoms with Crippen molar-refractivity contribution in [2.24, 2.45) is 0 Å². The monoisotopic (exact) mass is 462 g/mol. The molecule has 5 nitrogen and oxygen atoms in total. The highest BCUT2D eigenvalue weighted by Crippen LogP contribution is 2.45. The van der Waals surface area contributed by atoms with Gasteiger partial charge in [0.15, 0.2) is 0 Å². The van der Waals surface area contributed by atoms with Gasteiger partial charge in [0, 0.05) is 27.8 Å². The van der Waals surface area contributed by atoms with Crippen LogP contribution in [0.2, 0.25) is 0 Å². The molecular formula is C23H27FN2O3S2. The maximum absolute atomic E-state index is 13.5. The topological polar surface area (TPSA) is 66.5 Å². The van der Waals surface area contributed by atoms with Crippen LogP contribution in [0.4, 0.5) is 10.1 Å². The van der Waals surface area contributed by atoms with E-state index in [0.29, 0.717) is 17.7 Å². The van der Waals surface area contributed by atoms with Crippen LogP contribution in [0.25, 0.3) is 0 Å². The number of hydrogen-bond acceptors (Lipinski definition) is 4. The summed E-state index contributed by atoms with van der Waals surface area (Å²) < 4.78 is 41.5. The zero-order valence-corrected chi connectivity index (χ0v) is 19.4. The van der Waals surface area contributed by atoms with Crippen molar-refractivity contribution in [1.29, 1.82) is 0 Å². The normalized spacial score (nSPS) is 19.0. The number of nitrogens with zero attached hydrogens (tertiary/aromatic N) is 1. The lowest BCUT2D eigenvalue weighted by atomic mass is 10.1. The molecule has 166 valence electrons. The molecule has 0 saturated heterocycles. The first-order valence-electron chi connectivity index (χ1n) is 10.6. The average Bonchev–Trinajstić information content (AvgIpc) is 3.17. The van der Waals surface area contributed by atoms with Gasteiger partial charge in [-0.2, -0.15) is 0 Å². The summed E-state index contributed by atoms with van der Waals surface area (Å²) in [6.45, 7) is 4.44. The highest BCUT2D eigenvalue weighted by atomic mass is 32.2. The maximum Gasteiger partial charge on any atom is 0.264 e. The molecule has 0 spiro atoms. The van der Waals surface area contributed by atoms with Crippen molar-refractivity contribution in [3.05, 3.63) is 53.8 Å². The van der Waals surface area contributed by atoms with E-state index in [1.165, 1.54) is 16.4 Å². The molecule has 31 heavy (non-hydrogen) atoms. The Bertz CT molecular complexity index is 1080. The van der Waals surface area contributed by atoms with E-state index < -0.39 is 15.8 Å².